The van der Waals surface area contributed by atoms with Crippen molar-refractivity contribution in [2.45, 2.75) is 32.7 Å². The second-order valence-corrected chi connectivity index (χ2v) is 4.94. The number of hydrogen-bond acceptors (Lipinski definition) is 3. The summed E-state index contributed by atoms with van der Waals surface area (Å²) in [5.41, 5.74) is 0. The average molecular weight is 227 g/mol. The van der Waals surface area contributed by atoms with E-state index >= 15 is 0 Å². The van der Waals surface area contributed by atoms with Crippen LogP contribution < -0.4 is 5.32 Å². The Balaban J connectivity index is 2.24. The summed E-state index contributed by atoms with van der Waals surface area (Å²) in [4.78, 5) is 12.9. The zero-order valence-electron chi connectivity index (χ0n) is 9.12. The van der Waals surface area contributed by atoms with Crippen LogP contribution in [0.15, 0.2) is 12.1 Å². The van der Waals surface area contributed by atoms with Crippen LogP contribution >= 0.6 is 11.3 Å². The van der Waals surface area contributed by atoms with Gasteiger partial charge in [-0.15, -0.1) is 11.3 Å². The number of carboxylic acids is 1. The van der Waals surface area contributed by atoms with Crippen molar-refractivity contribution in [1.82, 2.24) is 5.32 Å². The predicted octanol–water partition coefficient (Wildman–Crippen LogP) is 2.57. The van der Waals surface area contributed by atoms with Crippen LogP contribution in [0.3, 0.4) is 0 Å². The Kier molecular flexibility index (Phi) is 4.78. The molecule has 0 bridgehead atoms. The van der Waals surface area contributed by atoms with Crippen LogP contribution in [-0.4, -0.2) is 17.6 Å². The Morgan fingerprint density at radius 3 is 2.87 bits per heavy atom. The van der Waals surface area contributed by atoms with Gasteiger partial charge in [-0.2, -0.15) is 0 Å². The highest BCUT2D eigenvalue weighted by molar-refractivity contribution is 7.12. The zero-order chi connectivity index (χ0) is 11.3. The van der Waals surface area contributed by atoms with Gasteiger partial charge < -0.3 is 10.4 Å². The first-order chi connectivity index (χ1) is 7.09. The summed E-state index contributed by atoms with van der Waals surface area (Å²) >= 11 is 1.78. The summed E-state index contributed by atoms with van der Waals surface area (Å²) in [5.74, 6) is -0.726. The van der Waals surface area contributed by atoms with Crippen LogP contribution in [0.1, 0.15) is 35.6 Å². The lowest BCUT2D eigenvalue weighted by Gasteiger charge is -2.11. The predicted molar refractivity (Wildman–Crippen MR) is 62.3 cm³/mol. The summed E-state index contributed by atoms with van der Waals surface area (Å²) in [6.07, 6.45) is 0.924. The fraction of sp³-hybridized carbons (Fsp3) is 0.545. The molecule has 2 N–H and O–H groups in total. The summed E-state index contributed by atoms with van der Waals surface area (Å²) in [5, 5.41) is 11.8. The lowest BCUT2D eigenvalue weighted by molar-refractivity contribution is -0.137. The van der Waals surface area contributed by atoms with Gasteiger partial charge in [-0.1, -0.05) is 0 Å². The average Bonchev–Trinajstić information content (AvgIpc) is 2.59. The maximum atomic E-state index is 10.3. The molecule has 1 atom stereocenters. The number of aliphatic carboxylic acids is 1. The van der Waals surface area contributed by atoms with Crippen molar-refractivity contribution in [3.05, 3.63) is 21.9 Å². The van der Waals surface area contributed by atoms with E-state index in [1.807, 2.05) is 0 Å². The molecule has 0 radical (unpaired) electrons. The molecular formula is C11H17NO2S. The Bertz CT molecular complexity index is 322. The third-order valence-corrected chi connectivity index (χ3v) is 3.39. The number of carboxylic acid groups (broad SMARTS) is 1. The van der Waals surface area contributed by atoms with Crippen LogP contribution in [-0.2, 0) is 4.79 Å². The van der Waals surface area contributed by atoms with Gasteiger partial charge in [0, 0.05) is 22.2 Å². The Labute approximate surface area is 94.1 Å². The largest absolute Gasteiger partial charge is 0.481 e. The van der Waals surface area contributed by atoms with Gasteiger partial charge >= 0.3 is 5.97 Å². The van der Waals surface area contributed by atoms with Crippen LogP contribution in [0.5, 0.6) is 0 Å². The highest BCUT2D eigenvalue weighted by Crippen LogP contribution is 2.21. The molecule has 1 aromatic heterocycles. The summed E-state index contributed by atoms with van der Waals surface area (Å²) in [7, 11) is 0. The van der Waals surface area contributed by atoms with Crippen LogP contribution in [0.4, 0.5) is 0 Å². The Hall–Kier alpha value is -0.870. The normalized spacial score (nSPS) is 12.7. The van der Waals surface area contributed by atoms with Crippen molar-refractivity contribution < 1.29 is 9.90 Å². The third-order valence-electron chi connectivity index (χ3n) is 2.21. The number of aryl methyl sites for hydroxylation is 1. The lowest BCUT2D eigenvalue weighted by atomic mass is 10.2. The first-order valence-corrected chi connectivity index (χ1v) is 5.92. The van der Waals surface area contributed by atoms with Gasteiger partial charge in [-0.25, -0.2) is 0 Å². The fourth-order valence-corrected chi connectivity index (χ4v) is 2.25. The van der Waals surface area contributed by atoms with E-state index < -0.39 is 5.97 Å². The molecule has 0 amide bonds. The molecular weight excluding hydrogens is 210 g/mol. The van der Waals surface area contributed by atoms with Gasteiger partial charge in [0.2, 0.25) is 0 Å². The first-order valence-electron chi connectivity index (χ1n) is 5.11. The van der Waals surface area contributed by atoms with Gasteiger partial charge in [0.1, 0.15) is 0 Å². The monoisotopic (exact) mass is 227 g/mol. The summed E-state index contributed by atoms with van der Waals surface area (Å²) < 4.78 is 0. The molecule has 15 heavy (non-hydrogen) atoms. The highest BCUT2D eigenvalue weighted by Gasteiger charge is 2.06. The standard InChI is InChI=1S/C11H17NO2S/c1-8-5-6-10(15-8)9(2)12-7-3-4-11(13)14/h5-6,9,12H,3-4,7H2,1-2H3,(H,13,14). The molecule has 0 spiro atoms. The topological polar surface area (TPSA) is 49.3 Å². The number of thiophene rings is 1. The molecule has 0 aromatic carbocycles. The molecule has 1 unspecified atom stereocenters. The molecule has 3 nitrogen and oxygen atoms in total. The van der Waals surface area contributed by atoms with E-state index in [1.165, 1.54) is 9.75 Å². The van der Waals surface area contributed by atoms with Crippen LogP contribution in [0.25, 0.3) is 0 Å². The van der Waals surface area contributed by atoms with E-state index in [-0.39, 0.29) is 6.42 Å². The summed E-state index contributed by atoms with van der Waals surface area (Å²) in [6.45, 7) is 4.95. The molecule has 0 fully saturated rings. The van der Waals surface area contributed by atoms with Crippen molar-refractivity contribution in [1.29, 1.82) is 0 Å². The Morgan fingerprint density at radius 1 is 1.60 bits per heavy atom. The zero-order valence-corrected chi connectivity index (χ0v) is 9.93. The third kappa shape index (κ3) is 4.44. The van der Waals surface area contributed by atoms with Crippen molar-refractivity contribution in [2.75, 3.05) is 6.54 Å². The molecule has 0 saturated heterocycles. The minimum Gasteiger partial charge on any atom is -0.481 e. The minimum absolute atomic E-state index is 0.239. The SMILES string of the molecule is Cc1ccc(C(C)NCCCC(=O)O)s1. The molecule has 0 aliphatic heterocycles. The van der Waals surface area contributed by atoms with Crippen molar-refractivity contribution >= 4 is 17.3 Å². The minimum atomic E-state index is -0.726. The highest BCUT2D eigenvalue weighted by atomic mass is 32.1. The van der Waals surface area contributed by atoms with Crippen molar-refractivity contribution in [2.24, 2.45) is 0 Å². The van der Waals surface area contributed by atoms with E-state index in [0.29, 0.717) is 12.5 Å². The molecule has 84 valence electrons. The van der Waals surface area contributed by atoms with Gasteiger partial charge in [0.25, 0.3) is 0 Å². The van der Waals surface area contributed by atoms with E-state index in [1.54, 1.807) is 11.3 Å². The van der Waals surface area contributed by atoms with Gasteiger partial charge in [-0.05, 0) is 38.9 Å². The smallest absolute Gasteiger partial charge is 0.303 e. The first kappa shape index (κ1) is 12.2. The lowest BCUT2D eigenvalue weighted by Crippen LogP contribution is -2.19. The number of hydrogen-bond donors (Lipinski definition) is 2. The molecule has 0 aliphatic carbocycles. The van der Waals surface area contributed by atoms with E-state index in [0.717, 1.165) is 6.54 Å². The van der Waals surface area contributed by atoms with Gasteiger partial charge in [0.15, 0.2) is 0 Å². The second kappa shape index (κ2) is 5.88. The molecule has 4 heteroatoms. The van der Waals surface area contributed by atoms with Crippen LogP contribution in [0.2, 0.25) is 0 Å². The second-order valence-electron chi connectivity index (χ2n) is 3.62. The maximum Gasteiger partial charge on any atom is 0.303 e. The summed E-state index contributed by atoms with van der Waals surface area (Å²) in [6, 6.07) is 4.54. The van der Waals surface area contributed by atoms with Crippen molar-refractivity contribution in [3.8, 4) is 0 Å². The molecule has 0 aliphatic rings. The van der Waals surface area contributed by atoms with Gasteiger partial charge in [0.05, 0.1) is 0 Å². The van der Waals surface area contributed by atoms with Gasteiger partial charge in [-0.3, -0.25) is 4.79 Å². The van der Waals surface area contributed by atoms with Crippen molar-refractivity contribution in [3.63, 3.8) is 0 Å². The van der Waals surface area contributed by atoms with Crippen LogP contribution in [0, 0.1) is 6.92 Å². The maximum absolute atomic E-state index is 10.3. The molecule has 1 aromatic rings. The number of nitrogens with one attached hydrogen (secondary N) is 1. The molecule has 1 heterocycles. The number of carbonyl (C=O) groups is 1. The molecule has 0 saturated carbocycles. The number of rotatable bonds is 6. The fourth-order valence-electron chi connectivity index (χ4n) is 1.34. The Morgan fingerprint density at radius 2 is 2.33 bits per heavy atom. The molecule has 1 rings (SSSR count). The van der Waals surface area contributed by atoms with E-state index in [4.69, 9.17) is 5.11 Å². The van der Waals surface area contributed by atoms with E-state index in [9.17, 15) is 4.79 Å². The quantitative estimate of drug-likeness (QED) is 0.734. The van der Waals surface area contributed by atoms with E-state index in [2.05, 4.69) is 31.3 Å².